The van der Waals surface area contributed by atoms with Gasteiger partial charge in [0, 0.05) is 32.4 Å². The number of aryl methyl sites for hydroxylation is 2. The van der Waals surface area contributed by atoms with Gasteiger partial charge >= 0.3 is 0 Å². The van der Waals surface area contributed by atoms with Gasteiger partial charge in [-0.1, -0.05) is 47.6 Å². The Morgan fingerprint density at radius 3 is 2.51 bits per heavy atom. The molecular weight excluding hydrogens is 450 g/mol. The number of hydrogen-bond donors (Lipinski definition) is 2. The normalized spacial score (nSPS) is 12.7. The van der Waals surface area contributed by atoms with Gasteiger partial charge in [-0.05, 0) is 29.7 Å². The topological polar surface area (TPSA) is 142 Å². The Morgan fingerprint density at radius 1 is 1.09 bits per heavy atom. The highest BCUT2D eigenvalue weighted by molar-refractivity contribution is 5.99. The van der Waals surface area contributed by atoms with Gasteiger partial charge in [0.2, 0.25) is 11.8 Å². The first-order valence-electron chi connectivity index (χ1n) is 11.3. The summed E-state index contributed by atoms with van der Waals surface area (Å²) in [7, 11) is 1.43. The molecule has 0 saturated heterocycles. The molecule has 184 valence electrons. The first-order valence-corrected chi connectivity index (χ1v) is 11.3. The van der Waals surface area contributed by atoms with Gasteiger partial charge in [0.1, 0.15) is 17.5 Å². The van der Waals surface area contributed by atoms with Crippen LogP contribution in [-0.4, -0.2) is 48.3 Å². The number of benzene rings is 2. The summed E-state index contributed by atoms with van der Waals surface area (Å²) in [4.78, 5) is 50.0. The van der Waals surface area contributed by atoms with E-state index >= 15 is 0 Å². The molecule has 2 amide bonds. The van der Waals surface area contributed by atoms with E-state index in [0.29, 0.717) is 12.2 Å². The minimum atomic E-state index is -1.05. The Balaban J connectivity index is 1.67. The van der Waals surface area contributed by atoms with E-state index in [2.05, 4.69) is 10.5 Å². The van der Waals surface area contributed by atoms with Crippen LogP contribution in [0.5, 0.6) is 0 Å². The fourth-order valence-electron chi connectivity index (χ4n) is 3.94. The number of fused-ring (bicyclic) bond motifs is 1. The van der Waals surface area contributed by atoms with Crippen molar-refractivity contribution in [2.45, 2.75) is 38.6 Å². The lowest BCUT2D eigenvalue weighted by molar-refractivity contribution is -0.133. The van der Waals surface area contributed by atoms with Gasteiger partial charge in [-0.2, -0.15) is 0 Å². The van der Waals surface area contributed by atoms with Crippen LogP contribution in [0.3, 0.4) is 0 Å². The van der Waals surface area contributed by atoms with Crippen LogP contribution < -0.4 is 11.1 Å². The van der Waals surface area contributed by atoms with E-state index in [1.54, 1.807) is 6.92 Å². The van der Waals surface area contributed by atoms with E-state index in [1.807, 2.05) is 42.5 Å². The van der Waals surface area contributed by atoms with Crippen LogP contribution in [0.1, 0.15) is 41.1 Å². The quantitative estimate of drug-likeness (QED) is 0.359. The molecule has 0 radical (unpaired) electrons. The van der Waals surface area contributed by atoms with Crippen molar-refractivity contribution in [1.29, 1.82) is 0 Å². The third kappa shape index (κ3) is 7.07. The third-order valence-electron chi connectivity index (χ3n) is 5.72. The number of ether oxygens (including phenoxy) is 1. The average Bonchev–Trinajstić information content (AvgIpc) is 3.27. The number of nitrogens with zero attached hydrogens (tertiary/aromatic N) is 1. The van der Waals surface area contributed by atoms with Crippen molar-refractivity contribution in [3.05, 3.63) is 65.5 Å². The van der Waals surface area contributed by atoms with E-state index in [9.17, 15) is 19.2 Å². The predicted octanol–water partition coefficient (Wildman–Crippen LogP) is 2.53. The van der Waals surface area contributed by atoms with E-state index in [1.165, 1.54) is 13.2 Å². The zero-order valence-corrected chi connectivity index (χ0v) is 19.8. The zero-order chi connectivity index (χ0) is 25.4. The van der Waals surface area contributed by atoms with Crippen LogP contribution in [0.4, 0.5) is 0 Å². The summed E-state index contributed by atoms with van der Waals surface area (Å²) in [6, 6.07) is 14.4. The lowest BCUT2D eigenvalue weighted by atomic mass is 9.94. The Labute approximate surface area is 203 Å². The van der Waals surface area contributed by atoms with Crippen molar-refractivity contribution in [1.82, 2.24) is 10.5 Å². The first kappa shape index (κ1) is 25.8. The van der Waals surface area contributed by atoms with E-state index in [0.717, 1.165) is 16.3 Å². The molecular formula is C26H29N3O6. The summed E-state index contributed by atoms with van der Waals surface area (Å²) in [6.45, 7) is 1.59. The molecule has 3 rings (SSSR count). The van der Waals surface area contributed by atoms with Crippen molar-refractivity contribution in [2.75, 3.05) is 13.7 Å². The monoisotopic (exact) mass is 479 g/mol. The molecule has 0 fully saturated rings. The van der Waals surface area contributed by atoms with Crippen LogP contribution in [0.15, 0.2) is 53.1 Å². The standard InChI is InChI=1S/C26H29N3O6/c1-16-12-21(29-35-16)24(31)13-19(14-25(27)32)26(33)28-22(15-34-2)23(30)11-10-18-8-5-7-17-6-3-4-9-20(17)18/h3-9,12,19,22H,10-11,13-15H2,1-2H3,(H2,27,32)(H,28,33)/t19-,22-/m0/s1. The maximum Gasteiger partial charge on any atom is 0.224 e. The summed E-state index contributed by atoms with van der Waals surface area (Å²) < 4.78 is 10.0. The summed E-state index contributed by atoms with van der Waals surface area (Å²) in [5.74, 6) is -2.65. The fourth-order valence-corrected chi connectivity index (χ4v) is 3.94. The minimum Gasteiger partial charge on any atom is -0.382 e. The molecule has 3 N–H and O–H groups in total. The number of amides is 2. The Bertz CT molecular complexity index is 1210. The van der Waals surface area contributed by atoms with Gasteiger partial charge in [0.05, 0.1) is 12.5 Å². The number of nitrogens with two attached hydrogens (primary N) is 1. The molecule has 0 saturated carbocycles. The fraction of sp³-hybridized carbons (Fsp3) is 0.346. The highest BCUT2D eigenvalue weighted by Gasteiger charge is 2.29. The second kappa shape index (κ2) is 12.0. The number of Topliss-reactive ketones (excluding diaryl/α,β-unsaturated/α-hetero) is 2. The van der Waals surface area contributed by atoms with E-state index in [4.69, 9.17) is 15.0 Å². The molecule has 0 unspecified atom stereocenters. The molecule has 2 atom stereocenters. The van der Waals surface area contributed by atoms with Crippen molar-refractivity contribution in [2.24, 2.45) is 11.7 Å². The SMILES string of the molecule is COC[C@H](NC(=O)[C@H](CC(N)=O)CC(=O)c1cc(C)on1)C(=O)CCc1cccc2ccccc12. The second-order valence-electron chi connectivity index (χ2n) is 8.44. The molecule has 9 heteroatoms. The minimum absolute atomic E-state index is 0.0418. The van der Waals surface area contributed by atoms with Gasteiger partial charge < -0.3 is 20.3 Å². The molecule has 2 aromatic carbocycles. The molecule has 3 aromatic rings. The molecule has 0 spiro atoms. The van der Waals surface area contributed by atoms with Crippen molar-refractivity contribution in [3.63, 3.8) is 0 Å². The number of rotatable bonds is 13. The maximum absolute atomic E-state index is 13.0. The van der Waals surface area contributed by atoms with Crippen LogP contribution in [0.25, 0.3) is 10.8 Å². The third-order valence-corrected chi connectivity index (χ3v) is 5.72. The molecule has 9 nitrogen and oxygen atoms in total. The Hall–Kier alpha value is -3.85. The second-order valence-corrected chi connectivity index (χ2v) is 8.44. The van der Waals surface area contributed by atoms with Gasteiger partial charge in [-0.25, -0.2) is 0 Å². The van der Waals surface area contributed by atoms with Gasteiger partial charge in [0.15, 0.2) is 11.6 Å². The predicted molar refractivity (Wildman–Crippen MR) is 129 cm³/mol. The Morgan fingerprint density at radius 2 is 1.83 bits per heavy atom. The van der Waals surface area contributed by atoms with Crippen molar-refractivity contribution >= 4 is 34.2 Å². The lowest BCUT2D eigenvalue weighted by Gasteiger charge is -2.21. The van der Waals surface area contributed by atoms with Gasteiger partial charge in [0.25, 0.3) is 0 Å². The molecule has 0 aliphatic carbocycles. The summed E-state index contributed by atoms with van der Waals surface area (Å²) >= 11 is 0. The lowest BCUT2D eigenvalue weighted by Crippen LogP contribution is -2.47. The number of primary amides is 1. The van der Waals surface area contributed by atoms with Crippen LogP contribution in [0, 0.1) is 12.8 Å². The number of aromatic nitrogens is 1. The average molecular weight is 480 g/mol. The number of ketones is 2. The zero-order valence-electron chi connectivity index (χ0n) is 19.8. The maximum atomic E-state index is 13.0. The van der Waals surface area contributed by atoms with Crippen LogP contribution in [0.2, 0.25) is 0 Å². The summed E-state index contributed by atoms with van der Waals surface area (Å²) in [6.07, 6.45) is 0.0217. The summed E-state index contributed by atoms with van der Waals surface area (Å²) in [5.41, 5.74) is 6.39. The number of hydrogen-bond acceptors (Lipinski definition) is 7. The molecule has 35 heavy (non-hydrogen) atoms. The van der Waals surface area contributed by atoms with Crippen molar-refractivity contribution in [3.8, 4) is 0 Å². The van der Waals surface area contributed by atoms with E-state index in [-0.39, 0.29) is 37.3 Å². The van der Waals surface area contributed by atoms with Crippen molar-refractivity contribution < 1.29 is 28.4 Å². The molecule has 1 aromatic heterocycles. The van der Waals surface area contributed by atoms with Crippen LogP contribution in [-0.2, 0) is 25.5 Å². The molecule has 1 heterocycles. The number of nitrogens with one attached hydrogen (secondary N) is 1. The first-order chi connectivity index (χ1) is 16.8. The molecule has 0 bridgehead atoms. The smallest absolute Gasteiger partial charge is 0.224 e. The molecule has 0 aliphatic heterocycles. The van der Waals surface area contributed by atoms with Gasteiger partial charge in [-0.15, -0.1) is 0 Å². The number of carbonyl (C=O) groups is 4. The Kier molecular flexibility index (Phi) is 8.86. The van der Waals surface area contributed by atoms with Crippen LogP contribution >= 0.6 is 0 Å². The number of carbonyl (C=O) groups excluding carboxylic acids is 4. The highest BCUT2D eigenvalue weighted by Crippen LogP contribution is 2.20. The number of methoxy groups -OCH3 is 1. The van der Waals surface area contributed by atoms with Gasteiger partial charge in [-0.3, -0.25) is 19.2 Å². The molecule has 0 aliphatic rings. The van der Waals surface area contributed by atoms with E-state index < -0.39 is 29.6 Å². The largest absolute Gasteiger partial charge is 0.382 e. The summed E-state index contributed by atoms with van der Waals surface area (Å²) in [5, 5.41) is 8.45. The highest BCUT2D eigenvalue weighted by atomic mass is 16.5.